The van der Waals surface area contributed by atoms with Crippen molar-refractivity contribution in [3.8, 4) is 0 Å². The fraction of sp³-hybridized carbons (Fsp3) is 0.231. The first-order valence-corrected chi connectivity index (χ1v) is 5.58. The quantitative estimate of drug-likeness (QED) is 0.859. The van der Waals surface area contributed by atoms with Crippen molar-refractivity contribution in [3.05, 3.63) is 53.3 Å². The molecule has 1 heterocycles. The average molecular weight is 245 g/mol. The van der Waals surface area contributed by atoms with Crippen molar-refractivity contribution < 1.29 is 9.53 Å². The maximum absolute atomic E-state index is 10.9. The van der Waals surface area contributed by atoms with Crippen LogP contribution in [0.5, 0.6) is 0 Å². The van der Waals surface area contributed by atoms with E-state index in [4.69, 9.17) is 10.5 Å². The van der Waals surface area contributed by atoms with E-state index in [1.54, 1.807) is 18.0 Å². The molecule has 0 radical (unpaired) electrons. The van der Waals surface area contributed by atoms with Crippen LogP contribution in [0.3, 0.4) is 0 Å². The first-order chi connectivity index (χ1) is 8.69. The van der Waals surface area contributed by atoms with Gasteiger partial charge in [-0.05, 0) is 11.1 Å². The number of carbonyl (C=O) groups excluding carboxylic acids is 1. The molecule has 0 unspecified atom stereocenters. The largest absolute Gasteiger partial charge is 0.380 e. The lowest BCUT2D eigenvalue weighted by atomic mass is 10.1. The average Bonchev–Trinajstić information content (AvgIpc) is 2.81. The second-order valence-corrected chi connectivity index (χ2v) is 4.04. The molecule has 0 aliphatic carbocycles. The van der Waals surface area contributed by atoms with Gasteiger partial charge in [-0.15, -0.1) is 0 Å². The van der Waals surface area contributed by atoms with Crippen molar-refractivity contribution in [1.82, 2.24) is 9.78 Å². The minimum atomic E-state index is -0.461. The Morgan fingerprint density at radius 1 is 1.33 bits per heavy atom. The summed E-state index contributed by atoms with van der Waals surface area (Å²) in [6.45, 7) is 1.22. The van der Waals surface area contributed by atoms with Crippen LogP contribution in [0, 0.1) is 0 Å². The number of rotatable bonds is 5. The van der Waals surface area contributed by atoms with Crippen LogP contribution in [0.15, 0.2) is 36.7 Å². The molecule has 0 bridgehead atoms. The Hall–Kier alpha value is -2.14. The van der Waals surface area contributed by atoms with Crippen molar-refractivity contribution in [2.24, 2.45) is 5.73 Å². The van der Waals surface area contributed by atoms with Gasteiger partial charge in [-0.1, -0.05) is 24.3 Å². The molecule has 1 amide bonds. The monoisotopic (exact) mass is 245 g/mol. The van der Waals surface area contributed by atoms with Crippen LogP contribution in [0.4, 0.5) is 0 Å². The summed E-state index contributed by atoms with van der Waals surface area (Å²) in [7, 11) is 1.67. The van der Waals surface area contributed by atoms with Crippen LogP contribution in [0.2, 0.25) is 0 Å². The first-order valence-electron chi connectivity index (χ1n) is 5.58. The van der Waals surface area contributed by atoms with Crippen LogP contribution < -0.4 is 5.73 Å². The second-order valence-electron chi connectivity index (χ2n) is 4.04. The summed E-state index contributed by atoms with van der Waals surface area (Å²) >= 11 is 0. The molecule has 0 spiro atoms. The molecule has 2 rings (SSSR count). The predicted molar refractivity (Wildman–Crippen MR) is 67.0 cm³/mol. The van der Waals surface area contributed by atoms with E-state index in [0.29, 0.717) is 18.7 Å². The highest BCUT2D eigenvalue weighted by molar-refractivity contribution is 5.92. The highest BCUT2D eigenvalue weighted by Crippen LogP contribution is 2.07. The standard InChI is InChI=1S/C13H15N3O2/c1-18-9-11-4-2-10(3-5-11)7-16-8-12(6-15-16)13(14)17/h2-6,8H,7,9H2,1H3,(H2,14,17). The Bertz CT molecular complexity index is 531. The van der Waals surface area contributed by atoms with Gasteiger partial charge in [-0.2, -0.15) is 5.10 Å². The molecule has 1 aromatic carbocycles. The number of nitrogens with two attached hydrogens (primary N) is 1. The van der Waals surface area contributed by atoms with E-state index in [1.807, 2.05) is 24.3 Å². The number of ether oxygens (including phenoxy) is 1. The van der Waals surface area contributed by atoms with E-state index in [1.165, 1.54) is 6.20 Å². The van der Waals surface area contributed by atoms with Gasteiger partial charge >= 0.3 is 0 Å². The molecular formula is C13H15N3O2. The van der Waals surface area contributed by atoms with Crippen molar-refractivity contribution in [2.45, 2.75) is 13.2 Å². The summed E-state index contributed by atoms with van der Waals surface area (Å²) in [5.41, 5.74) is 7.82. The summed E-state index contributed by atoms with van der Waals surface area (Å²) in [6, 6.07) is 8.05. The Morgan fingerprint density at radius 2 is 2.00 bits per heavy atom. The van der Waals surface area contributed by atoms with E-state index in [2.05, 4.69) is 5.10 Å². The summed E-state index contributed by atoms with van der Waals surface area (Å²) in [4.78, 5) is 10.9. The van der Waals surface area contributed by atoms with Gasteiger partial charge in [0, 0.05) is 13.3 Å². The third-order valence-corrected chi connectivity index (χ3v) is 2.60. The topological polar surface area (TPSA) is 70.1 Å². The van der Waals surface area contributed by atoms with Crippen molar-refractivity contribution in [1.29, 1.82) is 0 Å². The number of nitrogens with zero attached hydrogens (tertiary/aromatic N) is 2. The predicted octanol–water partition coefficient (Wildman–Crippen LogP) is 1.18. The van der Waals surface area contributed by atoms with Gasteiger partial charge in [-0.3, -0.25) is 9.48 Å². The highest BCUT2D eigenvalue weighted by atomic mass is 16.5. The number of carbonyl (C=O) groups is 1. The number of amides is 1. The van der Waals surface area contributed by atoms with Gasteiger partial charge in [-0.25, -0.2) is 0 Å². The smallest absolute Gasteiger partial charge is 0.251 e. The Balaban J connectivity index is 2.06. The maximum Gasteiger partial charge on any atom is 0.251 e. The second kappa shape index (κ2) is 5.46. The highest BCUT2D eigenvalue weighted by Gasteiger charge is 2.04. The summed E-state index contributed by atoms with van der Waals surface area (Å²) in [5, 5.41) is 4.08. The Morgan fingerprint density at radius 3 is 2.56 bits per heavy atom. The molecule has 0 saturated carbocycles. The number of methoxy groups -OCH3 is 1. The number of benzene rings is 1. The van der Waals surface area contributed by atoms with Crippen LogP contribution in [0.25, 0.3) is 0 Å². The van der Waals surface area contributed by atoms with Crippen molar-refractivity contribution in [3.63, 3.8) is 0 Å². The van der Waals surface area contributed by atoms with Crippen LogP contribution in [-0.2, 0) is 17.9 Å². The Kier molecular flexibility index (Phi) is 3.74. The molecule has 0 fully saturated rings. The molecule has 0 atom stereocenters. The zero-order chi connectivity index (χ0) is 13.0. The third kappa shape index (κ3) is 2.95. The normalized spacial score (nSPS) is 10.5. The van der Waals surface area contributed by atoms with Gasteiger partial charge in [0.15, 0.2) is 0 Å². The number of aromatic nitrogens is 2. The lowest BCUT2D eigenvalue weighted by Crippen LogP contribution is -2.09. The molecule has 1 aromatic heterocycles. The number of primary amides is 1. The van der Waals surface area contributed by atoms with Gasteiger partial charge in [0.1, 0.15) is 0 Å². The van der Waals surface area contributed by atoms with Crippen LogP contribution in [-0.4, -0.2) is 22.8 Å². The number of hydrogen-bond donors (Lipinski definition) is 1. The van der Waals surface area contributed by atoms with Gasteiger partial charge in [0.25, 0.3) is 5.91 Å². The van der Waals surface area contributed by atoms with Gasteiger partial charge < -0.3 is 10.5 Å². The maximum atomic E-state index is 10.9. The van der Waals surface area contributed by atoms with Crippen LogP contribution in [0.1, 0.15) is 21.5 Å². The van der Waals surface area contributed by atoms with Gasteiger partial charge in [0.2, 0.25) is 0 Å². The third-order valence-electron chi connectivity index (χ3n) is 2.60. The molecule has 2 N–H and O–H groups in total. The molecule has 5 heteroatoms. The van der Waals surface area contributed by atoms with E-state index in [9.17, 15) is 4.79 Å². The van der Waals surface area contributed by atoms with Crippen molar-refractivity contribution in [2.75, 3.05) is 7.11 Å². The molecule has 0 saturated heterocycles. The molecule has 0 aliphatic rings. The van der Waals surface area contributed by atoms with E-state index < -0.39 is 5.91 Å². The molecule has 5 nitrogen and oxygen atoms in total. The minimum absolute atomic E-state index is 0.422. The lowest BCUT2D eigenvalue weighted by Gasteiger charge is -2.04. The zero-order valence-corrected chi connectivity index (χ0v) is 10.2. The summed E-state index contributed by atoms with van der Waals surface area (Å²) in [6.07, 6.45) is 3.12. The van der Waals surface area contributed by atoms with E-state index >= 15 is 0 Å². The fourth-order valence-electron chi connectivity index (χ4n) is 1.67. The minimum Gasteiger partial charge on any atom is -0.380 e. The lowest BCUT2D eigenvalue weighted by molar-refractivity contribution is 0.1000. The molecular weight excluding hydrogens is 230 g/mol. The Labute approximate surface area is 105 Å². The first kappa shape index (κ1) is 12.3. The molecule has 2 aromatic rings. The molecule has 0 aliphatic heterocycles. The fourth-order valence-corrected chi connectivity index (χ4v) is 1.67. The van der Waals surface area contributed by atoms with E-state index in [-0.39, 0.29) is 0 Å². The summed E-state index contributed by atoms with van der Waals surface area (Å²) < 4.78 is 6.73. The summed E-state index contributed by atoms with van der Waals surface area (Å²) in [5.74, 6) is -0.461. The van der Waals surface area contributed by atoms with Gasteiger partial charge in [0.05, 0.1) is 24.9 Å². The molecule has 94 valence electrons. The van der Waals surface area contributed by atoms with Crippen molar-refractivity contribution >= 4 is 5.91 Å². The van der Waals surface area contributed by atoms with Crippen LogP contribution >= 0.6 is 0 Å². The van der Waals surface area contributed by atoms with E-state index in [0.717, 1.165) is 11.1 Å². The molecule has 18 heavy (non-hydrogen) atoms. The SMILES string of the molecule is COCc1ccc(Cn2cc(C(N)=O)cn2)cc1. The zero-order valence-electron chi connectivity index (χ0n) is 10.2. The number of hydrogen-bond acceptors (Lipinski definition) is 3.